The van der Waals surface area contributed by atoms with E-state index in [-0.39, 0.29) is 12.0 Å². The Bertz CT molecular complexity index is 1280. The van der Waals surface area contributed by atoms with Gasteiger partial charge in [-0.15, -0.1) is 0 Å². The number of hydrogen-bond acceptors (Lipinski definition) is 5. The van der Waals surface area contributed by atoms with Crippen LogP contribution in [-0.2, 0) is 11.3 Å². The predicted molar refractivity (Wildman–Crippen MR) is 120 cm³/mol. The quantitative estimate of drug-likeness (QED) is 0.384. The number of furan rings is 1. The summed E-state index contributed by atoms with van der Waals surface area (Å²) >= 11 is 0. The van der Waals surface area contributed by atoms with Crippen molar-refractivity contribution in [2.45, 2.75) is 33.4 Å². The van der Waals surface area contributed by atoms with E-state index < -0.39 is 0 Å². The number of hydrogen-bond donors (Lipinski definition) is 0. The molecule has 0 amide bonds. The molecule has 0 aliphatic carbocycles. The second kappa shape index (κ2) is 7.75. The Kier molecular flexibility index (Phi) is 4.91. The lowest BCUT2D eigenvalue weighted by Crippen LogP contribution is -2.34. The number of benzene rings is 3. The molecule has 1 unspecified atom stereocenters. The summed E-state index contributed by atoms with van der Waals surface area (Å²) in [6.45, 7) is 7.25. The standard InChI is InChI=1S/C26H25NO4/c1-4-29-26(28)22-17(3)31-25-20-13-9-8-12-19(20)24-21(23(22)25)14-27(15-30-24)16(2)18-10-6-5-7-11-18/h5-13,16H,4,14-15H2,1-3H3. The SMILES string of the molecule is CCOC(=O)c1c(C)oc2c1c1c(c3ccccc32)OCN(C(C)c2ccccc2)C1. The Balaban J connectivity index is 1.72. The molecule has 4 aromatic rings. The van der Waals surface area contributed by atoms with E-state index in [0.717, 1.165) is 27.5 Å². The number of ether oxygens (including phenoxy) is 2. The number of carbonyl (C=O) groups is 1. The summed E-state index contributed by atoms with van der Waals surface area (Å²) < 4.78 is 17.9. The van der Waals surface area contributed by atoms with Gasteiger partial charge in [0, 0.05) is 34.3 Å². The summed E-state index contributed by atoms with van der Waals surface area (Å²) in [6.07, 6.45) is 0. The molecule has 0 spiro atoms. The minimum absolute atomic E-state index is 0.162. The molecule has 1 aliphatic rings. The fourth-order valence-corrected chi connectivity index (χ4v) is 4.53. The molecule has 1 atom stereocenters. The Morgan fingerprint density at radius 2 is 1.81 bits per heavy atom. The van der Waals surface area contributed by atoms with Gasteiger partial charge in [0.15, 0.2) is 0 Å². The van der Waals surface area contributed by atoms with E-state index in [0.29, 0.717) is 36.8 Å². The van der Waals surface area contributed by atoms with Gasteiger partial charge in [-0.25, -0.2) is 4.79 Å². The molecular formula is C26H25NO4. The highest BCUT2D eigenvalue weighted by Gasteiger charge is 2.31. The second-order valence-corrected chi connectivity index (χ2v) is 7.92. The van der Waals surface area contributed by atoms with Crippen LogP contribution < -0.4 is 4.74 Å². The summed E-state index contributed by atoms with van der Waals surface area (Å²) in [5.74, 6) is 1.04. The number of nitrogens with zero attached hydrogens (tertiary/aromatic N) is 1. The van der Waals surface area contributed by atoms with Crippen LogP contribution in [0.4, 0.5) is 0 Å². The van der Waals surface area contributed by atoms with Crippen LogP contribution in [0.15, 0.2) is 59.0 Å². The molecule has 5 heteroatoms. The summed E-state index contributed by atoms with van der Waals surface area (Å²) in [7, 11) is 0. The lowest BCUT2D eigenvalue weighted by molar-refractivity contribution is 0.0525. The van der Waals surface area contributed by atoms with Crippen LogP contribution in [0.2, 0.25) is 0 Å². The van der Waals surface area contributed by atoms with Crippen molar-refractivity contribution in [1.29, 1.82) is 0 Å². The fraction of sp³-hybridized carbons (Fsp3) is 0.269. The van der Waals surface area contributed by atoms with E-state index >= 15 is 0 Å². The average molecular weight is 415 g/mol. The first-order valence-corrected chi connectivity index (χ1v) is 10.7. The predicted octanol–water partition coefficient (Wildman–Crippen LogP) is 5.98. The molecule has 0 fully saturated rings. The number of carbonyl (C=O) groups excluding carboxylic acids is 1. The van der Waals surface area contributed by atoms with Gasteiger partial charge in [0.25, 0.3) is 0 Å². The van der Waals surface area contributed by atoms with Gasteiger partial charge in [-0.2, -0.15) is 0 Å². The zero-order valence-electron chi connectivity index (χ0n) is 18.0. The zero-order chi connectivity index (χ0) is 21.5. The maximum absolute atomic E-state index is 12.9. The molecule has 31 heavy (non-hydrogen) atoms. The van der Waals surface area contributed by atoms with E-state index in [1.165, 1.54) is 5.56 Å². The third-order valence-electron chi connectivity index (χ3n) is 6.12. The summed E-state index contributed by atoms with van der Waals surface area (Å²) in [6, 6.07) is 18.6. The third-order valence-corrected chi connectivity index (χ3v) is 6.12. The number of rotatable bonds is 4. The molecule has 2 heterocycles. The number of fused-ring (bicyclic) bond motifs is 6. The molecule has 5 nitrogen and oxygen atoms in total. The summed E-state index contributed by atoms with van der Waals surface area (Å²) in [5.41, 5.74) is 3.41. The number of aryl methyl sites for hydroxylation is 1. The average Bonchev–Trinajstić information content (AvgIpc) is 3.16. The first-order valence-electron chi connectivity index (χ1n) is 10.7. The van der Waals surface area contributed by atoms with Crippen molar-refractivity contribution in [2.24, 2.45) is 0 Å². The van der Waals surface area contributed by atoms with E-state index in [4.69, 9.17) is 13.9 Å². The van der Waals surface area contributed by atoms with Crippen molar-refractivity contribution < 1.29 is 18.7 Å². The van der Waals surface area contributed by atoms with Crippen LogP contribution in [0.3, 0.4) is 0 Å². The Morgan fingerprint density at radius 1 is 1.10 bits per heavy atom. The van der Waals surface area contributed by atoms with Gasteiger partial charge in [0.1, 0.15) is 29.4 Å². The van der Waals surface area contributed by atoms with Crippen LogP contribution in [0.5, 0.6) is 5.75 Å². The van der Waals surface area contributed by atoms with E-state index in [9.17, 15) is 4.79 Å². The maximum atomic E-state index is 12.9. The molecule has 1 aromatic heterocycles. The molecule has 1 aliphatic heterocycles. The molecule has 0 radical (unpaired) electrons. The van der Waals surface area contributed by atoms with Gasteiger partial charge >= 0.3 is 5.97 Å². The normalized spacial score (nSPS) is 14.9. The lowest BCUT2D eigenvalue weighted by Gasteiger charge is -2.34. The van der Waals surface area contributed by atoms with E-state index in [2.05, 4.69) is 36.1 Å². The highest BCUT2D eigenvalue weighted by molar-refractivity contribution is 6.16. The molecule has 0 N–H and O–H groups in total. The first-order chi connectivity index (χ1) is 15.1. The van der Waals surface area contributed by atoms with Gasteiger partial charge in [-0.3, -0.25) is 4.90 Å². The zero-order valence-corrected chi connectivity index (χ0v) is 18.0. The molecule has 0 saturated heterocycles. The first kappa shape index (κ1) is 19.6. The maximum Gasteiger partial charge on any atom is 0.342 e. The van der Waals surface area contributed by atoms with Crippen LogP contribution in [-0.4, -0.2) is 24.2 Å². The Morgan fingerprint density at radius 3 is 2.55 bits per heavy atom. The van der Waals surface area contributed by atoms with Gasteiger partial charge in [0.05, 0.1) is 6.61 Å². The van der Waals surface area contributed by atoms with Gasteiger partial charge in [-0.1, -0.05) is 54.6 Å². The summed E-state index contributed by atoms with van der Waals surface area (Å²) in [5, 5.41) is 2.75. The van der Waals surface area contributed by atoms with Gasteiger partial charge in [0.2, 0.25) is 0 Å². The van der Waals surface area contributed by atoms with Crippen molar-refractivity contribution in [3.05, 3.63) is 77.0 Å². The molecule has 158 valence electrons. The largest absolute Gasteiger partial charge is 0.477 e. The van der Waals surface area contributed by atoms with Gasteiger partial charge < -0.3 is 13.9 Å². The highest BCUT2D eigenvalue weighted by Crippen LogP contribution is 2.45. The summed E-state index contributed by atoms with van der Waals surface area (Å²) in [4.78, 5) is 15.1. The van der Waals surface area contributed by atoms with E-state index in [1.54, 1.807) is 0 Å². The van der Waals surface area contributed by atoms with Crippen LogP contribution in [0.25, 0.3) is 21.7 Å². The van der Waals surface area contributed by atoms with Crippen LogP contribution in [0, 0.1) is 6.92 Å². The van der Waals surface area contributed by atoms with Crippen molar-refractivity contribution in [3.63, 3.8) is 0 Å². The molecular weight excluding hydrogens is 390 g/mol. The van der Waals surface area contributed by atoms with Crippen molar-refractivity contribution in [2.75, 3.05) is 13.3 Å². The molecule has 0 saturated carbocycles. The highest BCUT2D eigenvalue weighted by atomic mass is 16.5. The lowest BCUT2D eigenvalue weighted by atomic mass is 9.96. The molecule has 5 rings (SSSR count). The van der Waals surface area contributed by atoms with Gasteiger partial charge in [-0.05, 0) is 26.3 Å². The van der Waals surface area contributed by atoms with Crippen molar-refractivity contribution in [1.82, 2.24) is 4.90 Å². The van der Waals surface area contributed by atoms with Crippen molar-refractivity contribution >= 4 is 27.7 Å². The third kappa shape index (κ3) is 3.17. The monoisotopic (exact) mass is 415 g/mol. The minimum Gasteiger partial charge on any atom is -0.477 e. The smallest absolute Gasteiger partial charge is 0.342 e. The molecule has 3 aromatic carbocycles. The molecule has 0 bridgehead atoms. The Hall–Kier alpha value is -3.31. The van der Waals surface area contributed by atoms with Crippen LogP contribution >= 0.6 is 0 Å². The minimum atomic E-state index is -0.357. The van der Waals surface area contributed by atoms with Crippen molar-refractivity contribution in [3.8, 4) is 5.75 Å². The Labute approximate surface area is 181 Å². The fourth-order valence-electron chi connectivity index (χ4n) is 4.53. The number of esters is 1. The van der Waals surface area contributed by atoms with Crippen LogP contribution in [0.1, 0.15) is 47.1 Å². The van der Waals surface area contributed by atoms with E-state index in [1.807, 2.05) is 44.2 Å². The second-order valence-electron chi connectivity index (χ2n) is 7.92. The topological polar surface area (TPSA) is 51.9 Å².